The van der Waals surface area contributed by atoms with Crippen molar-refractivity contribution in [2.24, 2.45) is 0 Å². The zero-order chi connectivity index (χ0) is 12.1. The van der Waals surface area contributed by atoms with Crippen LogP contribution in [0.1, 0.15) is 24.8 Å². The molecular weight excluding hydrogens is 214 g/mol. The average Bonchev–Trinajstić information content (AvgIpc) is 3.19. The van der Waals surface area contributed by atoms with Gasteiger partial charge in [-0.15, -0.1) is 0 Å². The van der Waals surface area contributed by atoms with Crippen molar-refractivity contribution in [2.45, 2.75) is 31.8 Å². The van der Waals surface area contributed by atoms with E-state index in [4.69, 9.17) is 10.00 Å². The van der Waals surface area contributed by atoms with E-state index in [1.165, 1.54) is 12.8 Å². The molecule has 0 aromatic carbocycles. The topological polar surface area (TPSA) is 49.1 Å². The highest BCUT2D eigenvalue weighted by molar-refractivity contribution is 5.25. The van der Waals surface area contributed by atoms with Crippen molar-refractivity contribution < 1.29 is 4.74 Å². The van der Waals surface area contributed by atoms with Gasteiger partial charge in [-0.1, -0.05) is 6.07 Å². The molecule has 0 saturated heterocycles. The molecular formula is C13H17N3O. The first-order valence-corrected chi connectivity index (χ1v) is 5.94. The van der Waals surface area contributed by atoms with Gasteiger partial charge in [0, 0.05) is 37.3 Å². The van der Waals surface area contributed by atoms with E-state index in [9.17, 15) is 0 Å². The molecule has 0 unspecified atom stereocenters. The van der Waals surface area contributed by atoms with Gasteiger partial charge in [0.25, 0.3) is 0 Å². The number of pyridine rings is 1. The van der Waals surface area contributed by atoms with Crippen LogP contribution in [-0.2, 0) is 6.54 Å². The third-order valence-electron chi connectivity index (χ3n) is 2.99. The van der Waals surface area contributed by atoms with E-state index in [0.717, 1.165) is 18.7 Å². The van der Waals surface area contributed by atoms with Crippen molar-refractivity contribution in [1.82, 2.24) is 9.88 Å². The fourth-order valence-electron chi connectivity index (χ4n) is 1.97. The van der Waals surface area contributed by atoms with E-state index < -0.39 is 0 Å². The molecule has 1 aromatic rings. The Morgan fingerprint density at radius 1 is 1.59 bits per heavy atom. The molecule has 4 heteroatoms. The summed E-state index contributed by atoms with van der Waals surface area (Å²) < 4.78 is 5.25. The van der Waals surface area contributed by atoms with Crippen LogP contribution in [0.15, 0.2) is 18.3 Å². The standard InChI is InChI=1S/C13H17N3O/c1-17-13-11(4-2-8-15-13)10-16(9-3-7-14)12-5-6-12/h2,4,8,12H,3,5-6,9-10H2,1H3. The monoisotopic (exact) mass is 231 g/mol. The van der Waals surface area contributed by atoms with E-state index in [1.807, 2.05) is 12.1 Å². The Hall–Kier alpha value is -1.60. The molecule has 90 valence electrons. The Kier molecular flexibility index (Phi) is 3.94. The van der Waals surface area contributed by atoms with E-state index in [1.54, 1.807) is 13.3 Å². The highest BCUT2D eigenvalue weighted by Gasteiger charge is 2.29. The van der Waals surface area contributed by atoms with Gasteiger partial charge in [-0.25, -0.2) is 4.98 Å². The summed E-state index contributed by atoms with van der Waals surface area (Å²) in [5, 5.41) is 8.67. The number of hydrogen-bond acceptors (Lipinski definition) is 4. The number of hydrogen-bond donors (Lipinski definition) is 0. The highest BCUT2D eigenvalue weighted by Crippen LogP contribution is 2.29. The summed E-state index contributed by atoms with van der Waals surface area (Å²) in [6.07, 6.45) is 4.81. The molecule has 1 aromatic heterocycles. The van der Waals surface area contributed by atoms with Crippen molar-refractivity contribution in [3.05, 3.63) is 23.9 Å². The summed E-state index contributed by atoms with van der Waals surface area (Å²) in [5.41, 5.74) is 1.10. The molecule has 0 N–H and O–H groups in total. The molecule has 1 aliphatic rings. The molecule has 1 heterocycles. The quantitative estimate of drug-likeness (QED) is 0.751. The Balaban J connectivity index is 2.03. The number of rotatable bonds is 6. The number of ether oxygens (including phenoxy) is 1. The molecule has 0 atom stereocenters. The van der Waals surface area contributed by atoms with E-state index >= 15 is 0 Å². The maximum atomic E-state index is 8.67. The van der Waals surface area contributed by atoms with Crippen LogP contribution in [-0.4, -0.2) is 29.6 Å². The zero-order valence-electron chi connectivity index (χ0n) is 10.1. The van der Waals surface area contributed by atoms with Crippen LogP contribution in [0.4, 0.5) is 0 Å². The first-order chi connectivity index (χ1) is 8.35. The fraction of sp³-hybridized carbons (Fsp3) is 0.538. The lowest BCUT2D eigenvalue weighted by Crippen LogP contribution is -2.26. The highest BCUT2D eigenvalue weighted by atomic mass is 16.5. The number of nitrogens with zero attached hydrogens (tertiary/aromatic N) is 3. The summed E-state index contributed by atoms with van der Waals surface area (Å²) in [6, 6.07) is 6.81. The van der Waals surface area contributed by atoms with Gasteiger partial charge >= 0.3 is 0 Å². The Bertz CT molecular complexity index is 409. The van der Waals surface area contributed by atoms with E-state index in [0.29, 0.717) is 18.3 Å². The first-order valence-electron chi connectivity index (χ1n) is 5.94. The third-order valence-corrected chi connectivity index (χ3v) is 2.99. The van der Waals surface area contributed by atoms with Gasteiger partial charge in [-0.2, -0.15) is 5.26 Å². The normalized spacial score (nSPS) is 14.6. The van der Waals surface area contributed by atoms with Crippen LogP contribution in [0.3, 0.4) is 0 Å². The number of aromatic nitrogens is 1. The maximum Gasteiger partial charge on any atom is 0.217 e. The van der Waals surface area contributed by atoms with E-state index in [2.05, 4.69) is 16.0 Å². The lowest BCUT2D eigenvalue weighted by Gasteiger charge is -2.21. The second-order valence-electron chi connectivity index (χ2n) is 4.28. The van der Waals surface area contributed by atoms with Crippen LogP contribution in [0.25, 0.3) is 0 Å². The van der Waals surface area contributed by atoms with Crippen LogP contribution in [0, 0.1) is 11.3 Å². The minimum atomic E-state index is 0.582. The van der Waals surface area contributed by atoms with Crippen LogP contribution in [0.2, 0.25) is 0 Å². The molecule has 0 spiro atoms. The average molecular weight is 231 g/mol. The molecule has 4 nitrogen and oxygen atoms in total. The summed E-state index contributed by atoms with van der Waals surface area (Å²) in [4.78, 5) is 6.55. The Morgan fingerprint density at radius 2 is 2.41 bits per heavy atom. The molecule has 2 rings (SSSR count). The second-order valence-corrected chi connectivity index (χ2v) is 4.28. The predicted octanol–water partition coefficient (Wildman–Crippen LogP) is 1.97. The smallest absolute Gasteiger partial charge is 0.217 e. The van der Waals surface area contributed by atoms with Gasteiger partial charge in [-0.3, -0.25) is 4.90 Å². The lowest BCUT2D eigenvalue weighted by molar-refractivity contribution is 0.255. The Labute approximate surface area is 102 Å². The predicted molar refractivity (Wildman–Crippen MR) is 64.5 cm³/mol. The fourth-order valence-corrected chi connectivity index (χ4v) is 1.97. The van der Waals surface area contributed by atoms with Crippen molar-refractivity contribution in [1.29, 1.82) is 5.26 Å². The molecule has 1 aliphatic carbocycles. The van der Waals surface area contributed by atoms with Gasteiger partial charge in [-0.05, 0) is 18.9 Å². The first kappa shape index (κ1) is 11.9. The van der Waals surface area contributed by atoms with Gasteiger partial charge < -0.3 is 4.74 Å². The zero-order valence-corrected chi connectivity index (χ0v) is 10.1. The maximum absolute atomic E-state index is 8.67. The number of nitriles is 1. The lowest BCUT2D eigenvalue weighted by atomic mass is 10.2. The molecule has 17 heavy (non-hydrogen) atoms. The van der Waals surface area contributed by atoms with Crippen LogP contribution >= 0.6 is 0 Å². The number of methoxy groups -OCH3 is 1. The van der Waals surface area contributed by atoms with Crippen molar-refractivity contribution >= 4 is 0 Å². The van der Waals surface area contributed by atoms with Crippen molar-refractivity contribution in [2.75, 3.05) is 13.7 Å². The second kappa shape index (κ2) is 5.65. The van der Waals surface area contributed by atoms with Crippen molar-refractivity contribution in [3.8, 4) is 11.9 Å². The SMILES string of the molecule is COc1ncccc1CN(CCC#N)C1CC1. The molecule has 0 aliphatic heterocycles. The molecule has 1 fully saturated rings. The minimum absolute atomic E-state index is 0.582. The largest absolute Gasteiger partial charge is 0.481 e. The Morgan fingerprint density at radius 3 is 3.06 bits per heavy atom. The molecule has 0 radical (unpaired) electrons. The van der Waals surface area contributed by atoms with Crippen LogP contribution < -0.4 is 4.74 Å². The molecule has 0 amide bonds. The van der Waals surface area contributed by atoms with Gasteiger partial charge in [0.1, 0.15) is 0 Å². The summed E-state index contributed by atoms with van der Waals surface area (Å²) in [5.74, 6) is 0.690. The minimum Gasteiger partial charge on any atom is -0.481 e. The van der Waals surface area contributed by atoms with Gasteiger partial charge in [0.05, 0.1) is 13.2 Å². The van der Waals surface area contributed by atoms with E-state index in [-0.39, 0.29) is 0 Å². The summed E-state index contributed by atoms with van der Waals surface area (Å²) >= 11 is 0. The van der Waals surface area contributed by atoms with Gasteiger partial charge in [0.2, 0.25) is 5.88 Å². The van der Waals surface area contributed by atoms with Crippen molar-refractivity contribution in [3.63, 3.8) is 0 Å². The summed E-state index contributed by atoms with van der Waals surface area (Å²) in [6.45, 7) is 1.66. The molecule has 1 saturated carbocycles. The summed E-state index contributed by atoms with van der Waals surface area (Å²) in [7, 11) is 1.64. The third kappa shape index (κ3) is 3.18. The van der Waals surface area contributed by atoms with Crippen LogP contribution in [0.5, 0.6) is 5.88 Å². The van der Waals surface area contributed by atoms with Gasteiger partial charge in [0.15, 0.2) is 0 Å². The molecule has 0 bridgehead atoms.